The van der Waals surface area contributed by atoms with Gasteiger partial charge in [0.1, 0.15) is 5.82 Å². The van der Waals surface area contributed by atoms with Gasteiger partial charge in [-0.15, -0.1) is 0 Å². The van der Waals surface area contributed by atoms with E-state index < -0.39 is 5.97 Å². The van der Waals surface area contributed by atoms with Gasteiger partial charge in [-0.25, -0.2) is 14.8 Å². The van der Waals surface area contributed by atoms with Crippen molar-refractivity contribution in [3.63, 3.8) is 0 Å². The highest BCUT2D eigenvalue weighted by molar-refractivity contribution is 5.85. The molecule has 1 aromatic heterocycles. The van der Waals surface area contributed by atoms with Crippen LogP contribution < -0.4 is 5.32 Å². The first-order valence-corrected chi connectivity index (χ1v) is 6.40. The maximum absolute atomic E-state index is 11.4. The summed E-state index contributed by atoms with van der Waals surface area (Å²) in [5, 5.41) is 3.29. The van der Waals surface area contributed by atoms with E-state index in [4.69, 9.17) is 0 Å². The molecule has 6 nitrogen and oxygen atoms in total. The van der Waals surface area contributed by atoms with Crippen molar-refractivity contribution in [2.75, 3.05) is 33.1 Å². The van der Waals surface area contributed by atoms with Crippen LogP contribution in [-0.4, -0.2) is 54.1 Å². The van der Waals surface area contributed by atoms with Gasteiger partial charge in [0.15, 0.2) is 0 Å². The Balaban J connectivity index is 2.01. The monoisotopic (exact) mass is 264 g/mol. The van der Waals surface area contributed by atoms with Crippen molar-refractivity contribution in [2.24, 2.45) is 0 Å². The summed E-state index contributed by atoms with van der Waals surface area (Å²) in [4.78, 5) is 21.7. The summed E-state index contributed by atoms with van der Waals surface area (Å²) in [7, 11) is 5.52. The van der Waals surface area contributed by atoms with Crippen molar-refractivity contribution in [2.45, 2.75) is 24.8 Å². The smallest absolute Gasteiger partial charge is 0.376 e. The van der Waals surface area contributed by atoms with Crippen molar-refractivity contribution >= 4 is 11.8 Å². The number of aromatic nitrogens is 2. The highest BCUT2D eigenvalue weighted by Gasteiger charge is 2.38. The van der Waals surface area contributed by atoms with E-state index in [1.54, 1.807) is 12.3 Å². The molecule has 19 heavy (non-hydrogen) atoms. The molecule has 0 unspecified atom stereocenters. The number of carbonyl (C=O) groups is 1. The first kappa shape index (κ1) is 13.7. The predicted molar refractivity (Wildman–Crippen MR) is 72.1 cm³/mol. The maximum atomic E-state index is 11.4. The van der Waals surface area contributed by atoms with Crippen LogP contribution in [0, 0.1) is 0 Å². The maximum Gasteiger partial charge on any atom is 0.376 e. The fraction of sp³-hybridized carbons (Fsp3) is 0.615. The van der Waals surface area contributed by atoms with Gasteiger partial charge in [0, 0.05) is 18.3 Å². The Morgan fingerprint density at radius 3 is 2.79 bits per heavy atom. The van der Waals surface area contributed by atoms with Crippen molar-refractivity contribution in [1.29, 1.82) is 0 Å². The third-order valence-corrected chi connectivity index (χ3v) is 3.86. The van der Waals surface area contributed by atoms with Gasteiger partial charge in [-0.05, 0) is 39.4 Å². The van der Waals surface area contributed by atoms with E-state index >= 15 is 0 Å². The number of nitrogens with one attached hydrogen (secondary N) is 1. The van der Waals surface area contributed by atoms with Gasteiger partial charge >= 0.3 is 5.97 Å². The van der Waals surface area contributed by atoms with Crippen LogP contribution in [-0.2, 0) is 4.74 Å². The molecule has 2 rings (SSSR count). The number of rotatable bonds is 5. The van der Waals surface area contributed by atoms with Crippen LogP contribution in [0.25, 0.3) is 0 Å². The summed E-state index contributed by atoms with van der Waals surface area (Å²) in [6, 6.07) is 1.76. The Bertz CT molecular complexity index is 458. The first-order valence-electron chi connectivity index (χ1n) is 6.40. The van der Waals surface area contributed by atoms with Crippen molar-refractivity contribution in [1.82, 2.24) is 14.9 Å². The number of hydrogen-bond donors (Lipinski definition) is 1. The predicted octanol–water partition coefficient (Wildman–Crippen LogP) is 1.16. The minimum atomic E-state index is -0.519. The van der Waals surface area contributed by atoms with Crippen LogP contribution in [0.4, 0.5) is 5.82 Å². The Morgan fingerprint density at radius 2 is 2.26 bits per heavy atom. The van der Waals surface area contributed by atoms with E-state index in [0.29, 0.717) is 5.82 Å². The molecule has 1 aliphatic rings. The van der Waals surface area contributed by atoms with Crippen LogP contribution in [0.1, 0.15) is 29.9 Å². The van der Waals surface area contributed by atoms with E-state index in [0.717, 1.165) is 6.54 Å². The van der Waals surface area contributed by atoms with Crippen LogP contribution in [0.5, 0.6) is 0 Å². The van der Waals surface area contributed by atoms with E-state index in [2.05, 4.69) is 39.0 Å². The summed E-state index contributed by atoms with van der Waals surface area (Å²) < 4.78 is 4.61. The molecule has 0 aromatic carbocycles. The third-order valence-electron chi connectivity index (χ3n) is 3.86. The van der Waals surface area contributed by atoms with Crippen molar-refractivity contribution in [3.05, 3.63) is 18.1 Å². The minimum absolute atomic E-state index is 0.0833. The topological polar surface area (TPSA) is 67.3 Å². The molecular weight excluding hydrogens is 244 g/mol. The molecule has 104 valence electrons. The molecule has 0 atom stereocenters. The van der Waals surface area contributed by atoms with Crippen molar-refractivity contribution in [3.8, 4) is 0 Å². The molecule has 0 radical (unpaired) electrons. The molecule has 6 heteroatoms. The number of nitrogens with zero attached hydrogens (tertiary/aromatic N) is 3. The molecule has 1 heterocycles. The van der Waals surface area contributed by atoms with Crippen LogP contribution >= 0.6 is 0 Å². The minimum Gasteiger partial charge on any atom is -0.463 e. The number of esters is 1. The molecule has 1 fully saturated rings. The van der Waals surface area contributed by atoms with Crippen LogP contribution in [0.15, 0.2) is 12.3 Å². The second kappa shape index (κ2) is 5.52. The summed E-state index contributed by atoms with van der Waals surface area (Å²) in [5.74, 6) is 0.221. The summed E-state index contributed by atoms with van der Waals surface area (Å²) >= 11 is 0. The van der Waals surface area contributed by atoms with Crippen LogP contribution in [0.2, 0.25) is 0 Å². The van der Waals surface area contributed by atoms with Gasteiger partial charge in [0.25, 0.3) is 0 Å². The first-order chi connectivity index (χ1) is 9.07. The fourth-order valence-electron chi connectivity index (χ4n) is 2.27. The average molecular weight is 264 g/mol. The molecule has 1 N–H and O–H groups in total. The lowest BCUT2D eigenvalue weighted by Crippen LogP contribution is -2.54. The zero-order valence-corrected chi connectivity index (χ0v) is 11.6. The van der Waals surface area contributed by atoms with E-state index in [-0.39, 0.29) is 11.4 Å². The number of methoxy groups -OCH3 is 1. The van der Waals surface area contributed by atoms with Gasteiger partial charge in [-0.1, -0.05) is 0 Å². The molecule has 0 bridgehead atoms. The van der Waals surface area contributed by atoms with Gasteiger partial charge in [-0.2, -0.15) is 0 Å². The van der Waals surface area contributed by atoms with E-state index in [1.807, 2.05) is 0 Å². The zero-order chi connectivity index (χ0) is 13.9. The molecular formula is C13H20N4O2. The Morgan fingerprint density at radius 1 is 1.53 bits per heavy atom. The second-order valence-corrected chi connectivity index (χ2v) is 5.08. The van der Waals surface area contributed by atoms with Gasteiger partial charge in [0.05, 0.1) is 7.11 Å². The van der Waals surface area contributed by atoms with E-state index in [1.165, 1.54) is 26.4 Å². The third kappa shape index (κ3) is 2.84. The SMILES string of the molecule is COC(=O)c1nccc(NCC2(N(C)C)CCC2)n1. The average Bonchev–Trinajstić information content (AvgIpc) is 2.36. The summed E-state index contributed by atoms with van der Waals surface area (Å²) in [6.07, 6.45) is 5.19. The van der Waals surface area contributed by atoms with Crippen LogP contribution in [0.3, 0.4) is 0 Å². The molecule has 0 saturated heterocycles. The number of ether oxygens (including phenoxy) is 1. The zero-order valence-electron chi connectivity index (χ0n) is 11.6. The molecule has 1 aliphatic carbocycles. The molecule has 0 aliphatic heterocycles. The van der Waals surface area contributed by atoms with Crippen molar-refractivity contribution < 1.29 is 9.53 Å². The highest BCUT2D eigenvalue weighted by atomic mass is 16.5. The molecule has 0 amide bonds. The lowest BCUT2D eigenvalue weighted by molar-refractivity contribution is 0.0586. The summed E-state index contributed by atoms with van der Waals surface area (Å²) in [6.45, 7) is 0.817. The lowest BCUT2D eigenvalue weighted by Gasteiger charge is -2.47. The lowest BCUT2D eigenvalue weighted by atomic mass is 9.75. The Labute approximate surface area is 113 Å². The second-order valence-electron chi connectivity index (χ2n) is 5.08. The fourth-order valence-corrected chi connectivity index (χ4v) is 2.27. The van der Waals surface area contributed by atoms with E-state index in [9.17, 15) is 4.79 Å². The molecule has 1 aromatic rings. The summed E-state index contributed by atoms with van der Waals surface area (Å²) in [5.41, 5.74) is 0.205. The molecule has 1 saturated carbocycles. The normalized spacial score (nSPS) is 16.8. The van der Waals surface area contributed by atoms with Gasteiger partial charge < -0.3 is 15.0 Å². The number of hydrogen-bond acceptors (Lipinski definition) is 6. The standard InChI is InChI=1S/C13H20N4O2/c1-17(2)13(6-4-7-13)9-15-10-5-8-14-11(16-10)12(18)19-3/h5,8H,4,6-7,9H2,1-3H3,(H,14,15,16). The van der Waals surface area contributed by atoms with Gasteiger partial charge in [0.2, 0.25) is 5.82 Å². The number of carbonyl (C=O) groups excluding carboxylic acids is 1. The largest absolute Gasteiger partial charge is 0.463 e. The Kier molecular flexibility index (Phi) is 3.99. The molecule has 0 spiro atoms. The number of anilines is 1. The highest BCUT2D eigenvalue weighted by Crippen LogP contribution is 2.36. The number of likely N-dealkylation sites (N-methyl/N-ethyl adjacent to an activating group) is 1. The quantitative estimate of drug-likeness (QED) is 0.805. The Hall–Kier alpha value is -1.69. The van der Waals surface area contributed by atoms with Gasteiger partial charge in [-0.3, -0.25) is 0 Å².